The number of carbonyl (C=O) groups is 1. The number of aryl methyl sites for hydroxylation is 1. The Morgan fingerprint density at radius 2 is 1.86 bits per heavy atom. The molecule has 0 radical (unpaired) electrons. The van der Waals surface area contributed by atoms with Crippen molar-refractivity contribution in [3.8, 4) is 0 Å². The summed E-state index contributed by atoms with van der Waals surface area (Å²) >= 11 is 0. The van der Waals surface area contributed by atoms with E-state index in [1.54, 1.807) is 32.9 Å². The van der Waals surface area contributed by atoms with E-state index in [9.17, 15) is 23.4 Å². The molecule has 0 aromatic heterocycles. The molecule has 1 amide bonds. The molecule has 1 atom stereocenters. The van der Waals surface area contributed by atoms with Crippen molar-refractivity contribution in [2.75, 3.05) is 13.2 Å². The van der Waals surface area contributed by atoms with E-state index >= 15 is 0 Å². The summed E-state index contributed by atoms with van der Waals surface area (Å²) in [5.74, 6) is -0.243. The standard InChI is InChI=1S/C18H30N4O5S/c1-13-7-9-15(10-8-13)28(26,27)21-16(19)20-11-5-6-14(12-23)22(17(24)25)18(2,3)4/h7-10,14,23H,5-6,11-12H2,1-4H3,(H,24,25)(H3,19,20,21)/t14-/m0/s1. The van der Waals surface area contributed by atoms with Crippen LogP contribution in [0, 0.1) is 6.92 Å². The maximum atomic E-state index is 12.2. The van der Waals surface area contributed by atoms with E-state index in [-0.39, 0.29) is 24.0 Å². The maximum absolute atomic E-state index is 12.2. The minimum absolute atomic E-state index is 0.0823. The molecule has 9 nitrogen and oxygen atoms in total. The summed E-state index contributed by atoms with van der Waals surface area (Å²) in [6.45, 7) is 6.98. The van der Waals surface area contributed by atoms with Gasteiger partial charge >= 0.3 is 6.09 Å². The number of aliphatic hydroxyl groups is 1. The number of aliphatic imine (C=N–C) groups is 1. The first-order valence-corrected chi connectivity index (χ1v) is 10.4. The summed E-state index contributed by atoms with van der Waals surface area (Å²) in [7, 11) is -3.81. The molecule has 0 heterocycles. The number of amides is 1. The number of sulfonamides is 1. The van der Waals surface area contributed by atoms with Crippen molar-refractivity contribution < 1.29 is 23.4 Å². The van der Waals surface area contributed by atoms with Crippen LogP contribution in [0.4, 0.5) is 4.79 Å². The summed E-state index contributed by atoms with van der Waals surface area (Å²) in [5.41, 5.74) is 5.93. The number of nitrogens with one attached hydrogen (secondary N) is 1. The molecule has 10 heteroatoms. The first-order valence-electron chi connectivity index (χ1n) is 8.91. The Hall–Kier alpha value is -2.33. The lowest BCUT2D eigenvalue weighted by Gasteiger charge is -2.38. The average molecular weight is 415 g/mol. The van der Waals surface area contributed by atoms with Gasteiger partial charge in [0.25, 0.3) is 10.0 Å². The van der Waals surface area contributed by atoms with Gasteiger partial charge in [-0.25, -0.2) is 17.9 Å². The highest BCUT2D eigenvalue weighted by atomic mass is 32.2. The Kier molecular flexibility index (Phi) is 8.25. The molecule has 158 valence electrons. The highest BCUT2D eigenvalue weighted by Gasteiger charge is 2.32. The van der Waals surface area contributed by atoms with Gasteiger partial charge in [-0.2, -0.15) is 0 Å². The predicted octanol–water partition coefficient (Wildman–Crippen LogP) is 1.51. The number of hydrogen-bond acceptors (Lipinski definition) is 5. The zero-order chi connectivity index (χ0) is 21.5. The third kappa shape index (κ3) is 7.01. The van der Waals surface area contributed by atoms with Gasteiger partial charge in [-0.1, -0.05) is 17.7 Å². The SMILES string of the molecule is Cc1ccc(S(=O)(=O)NC(N)=NCCC[C@@H](CO)N(C(=O)O)C(C)(C)C)cc1. The number of benzene rings is 1. The predicted molar refractivity (Wildman–Crippen MR) is 108 cm³/mol. The second-order valence-corrected chi connectivity index (χ2v) is 9.17. The van der Waals surface area contributed by atoms with Gasteiger partial charge in [0.2, 0.25) is 5.96 Å². The van der Waals surface area contributed by atoms with E-state index in [2.05, 4.69) is 9.71 Å². The zero-order valence-electron chi connectivity index (χ0n) is 16.7. The van der Waals surface area contributed by atoms with Gasteiger partial charge in [0.15, 0.2) is 0 Å². The fourth-order valence-electron chi connectivity index (χ4n) is 2.77. The third-order valence-electron chi connectivity index (χ3n) is 4.05. The minimum Gasteiger partial charge on any atom is -0.465 e. The van der Waals surface area contributed by atoms with Crippen LogP contribution in [0.25, 0.3) is 0 Å². The monoisotopic (exact) mass is 414 g/mol. The quantitative estimate of drug-likeness (QED) is 0.288. The number of rotatable bonds is 8. The lowest BCUT2D eigenvalue weighted by molar-refractivity contribution is 0.0426. The Balaban J connectivity index is 2.66. The molecule has 0 unspecified atom stereocenters. The molecule has 1 aromatic rings. The number of nitrogens with zero attached hydrogens (tertiary/aromatic N) is 2. The van der Waals surface area contributed by atoms with Crippen molar-refractivity contribution in [3.05, 3.63) is 29.8 Å². The molecule has 1 rings (SSSR count). The summed E-state index contributed by atoms with van der Waals surface area (Å²) in [4.78, 5) is 16.8. The molecule has 0 fully saturated rings. The Bertz CT molecular complexity index is 785. The normalized spacial score (nSPS) is 13.8. The number of carboxylic acid groups (broad SMARTS) is 1. The molecule has 0 aliphatic carbocycles. The van der Waals surface area contributed by atoms with Crippen molar-refractivity contribution in [2.24, 2.45) is 10.7 Å². The van der Waals surface area contributed by atoms with Crippen molar-refractivity contribution in [3.63, 3.8) is 0 Å². The molecule has 0 aliphatic rings. The van der Waals surface area contributed by atoms with Crippen LogP contribution in [0.3, 0.4) is 0 Å². The van der Waals surface area contributed by atoms with Crippen LogP contribution in [0.2, 0.25) is 0 Å². The van der Waals surface area contributed by atoms with Crippen LogP contribution < -0.4 is 10.5 Å². The van der Waals surface area contributed by atoms with Gasteiger partial charge in [0.1, 0.15) is 0 Å². The smallest absolute Gasteiger partial charge is 0.408 e. The Morgan fingerprint density at radius 3 is 2.32 bits per heavy atom. The first-order chi connectivity index (χ1) is 12.9. The van der Waals surface area contributed by atoms with Crippen LogP contribution in [-0.2, 0) is 10.0 Å². The number of aliphatic hydroxyl groups excluding tert-OH is 1. The first kappa shape index (κ1) is 23.7. The largest absolute Gasteiger partial charge is 0.465 e. The van der Waals surface area contributed by atoms with Gasteiger partial charge < -0.3 is 15.9 Å². The van der Waals surface area contributed by atoms with Crippen LogP contribution in [0.5, 0.6) is 0 Å². The van der Waals surface area contributed by atoms with Crippen LogP contribution in [0.15, 0.2) is 34.2 Å². The van der Waals surface area contributed by atoms with Crippen molar-refractivity contribution in [2.45, 2.75) is 57.0 Å². The van der Waals surface area contributed by atoms with E-state index in [1.807, 2.05) is 6.92 Å². The van der Waals surface area contributed by atoms with E-state index in [0.29, 0.717) is 12.8 Å². The maximum Gasteiger partial charge on any atom is 0.408 e. The van der Waals surface area contributed by atoms with Crippen LogP contribution in [-0.4, -0.2) is 60.3 Å². The number of hydrogen-bond donors (Lipinski definition) is 4. The van der Waals surface area contributed by atoms with Gasteiger partial charge in [-0.05, 0) is 52.7 Å². The Morgan fingerprint density at radius 1 is 1.29 bits per heavy atom. The van der Waals surface area contributed by atoms with Crippen molar-refractivity contribution >= 4 is 22.1 Å². The second-order valence-electron chi connectivity index (χ2n) is 7.49. The molecular weight excluding hydrogens is 384 g/mol. The average Bonchev–Trinajstić information content (AvgIpc) is 2.55. The van der Waals surface area contributed by atoms with Gasteiger partial charge in [0.05, 0.1) is 17.5 Å². The van der Waals surface area contributed by atoms with E-state index in [1.165, 1.54) is 17.0 Å². The summed E-state index contributed by atoms with van der Waals surface area (Å²) in [6, 6.07) is 5.73. The fraction of sp³-hybridized carbons (Fsp3) is 0.556. The van der Waals surface area contributed by atoms with Crippen LogP contribution >= 0.6 is 0 Å². The summed E-state index contributed by atoms with van der Waals surface area (Å²) < 4.78 is 26.7. The zero-order valence-corrected chi connectivity index (χ0v) is 17.5. The molecule has 0 saturated heterocycles. The fourth-order valence-corrected chi connectivity index (χ4v) is 3.72. The van der Waals surface area contributed by atoms with Gasteiger partial charge in [-0.15, -0.1) is 0 Å². The highest BCUT2D eigenvalue weighted by molar-refractivity contribution is 7.90. The summed E-state index contributed by atoms with van der Waals surface area (Å²) in [6.07, 6.45) is -0.319. The van der Waals surface area contributed by atoms with Crippen molar-refractivity contribution in [1.82, 2.24) is 9.62 Å². The minimum atomic E-state index is -3.81. The summed E-state index contributed by atoms with van der Waals surface area (Å²) in [5, 5.41) is 19.0. The molecule has 0 saturated carbocycles. The van der Waals surface area contributed by atoms with E-state index < -0.39 is 27.7 Å². The molecule has 28 heavy (non-hydrogen) atoms. The second kappa shape index (κ2) is 9.74. The number of guanidine groups is 1. The lowest BCUT2D eigenvalue weighted by Crippen LogP contribution is -2.52. The topological polar surface area (TPSA) is 145 Å². The van der Waals surface area contributed by atoms with E-state index in [4.69, 9.17) is 5.73 Å². The highest BCUT2D eigenvalue weighted by Crippen LogP contribution is 2.20. The lowest BCUT2D eigenvalue weighted by atomic mass is 10.0. The molecule has 1 aromatic carbocycles. The molecule has 5 N–H and O–H groups in total. The molecule has 0 spiro atoms. The van der Waals surface area contributed by atoms with Gasteiger partial charge in [0, 0.05) is 12.1 Å². The Labute approximate surface area is 166 Å². The third-order valence-corrected chi connectivity index (χ3v) is 5.42. The van der Waals surface area contributed by atoms with Crippen LogP contribution in [0.1, 0.15) is 39.2 Å². The molecular formula is C18H30N4O5S. The molecule has 0 aliphatic heterocycles. The number of nitrogens with two attached hydrogens (primary N) is 1. The van der Waals surface area contributed by atoms with Gasteiger partial charge in [-0.3, -0.25) is 9.89 Å². The van der Waals surface area contributed by atoms with Crippen molar-refractivity contribution in [1.29, 1.82) is 0 Å². The molecule has 0 bridgehead atoms. The van der Waals surface area contributed by atoms with E-state index in [0.717, 1.165) is 5.56 Å².